The topological polar surface area (TPSA) is 35.6 Å². The number of carbonyl (C=O) groups is 1. The van der Waals surface area contributed by atoms with Crippen LogP contribution in [0.2, 0.25) is 0 Å². The van der Waals surface area contributed by atoms with E-state index in [1.165, 1.54) is 0 Å². The summed E-state index contributed by atoms with van der Waals surface area (Å²) in [6, 6.07) is 2.56. The highest BCUT2D eigenvalue weighted by atomic mass is 32.1. The Morgan fingerprint density at radius 2 is 2.15 bits per heavy atom. The van der Waals surface area contributed by atoms with Gasteiger partial charge in [0.25, 0.3) is 0 Å². The second-order valence-corrected chi connectivity index (χ2v) is 6.42. The van der Waals surface area contributed by atoms with Crippen molar-refractivity contribution in [3.05, 3.63) is 22.4 Å². The molecule has 0 aliphatic carbocycles. The Hall–Kier alpha value is -0.910. The van der Waals surface area contributed by atoms with Crippen molar-refractivity contribution < 1.29 is 4.79 Å². The molecular formula is C15H25N3OS. The Bertz CT molecular complexity index is 399. The lowest BCUT2D eigenvalue weighted by Crippen LogP contribution is -2.48. The highest BCUT2D eigenvalue weighted by Crippen LogP contribution is 2.08. The molecule has 20 heavy (non-hydrogen) atoms. The lowest BCUT2D eigenvalue weighted by molar-refractivity contribution is -0.120. The van der Waals surface area contributed by atoms with Gasteiger partial charge in [0.05, 0.1) is 6.42 Å². The van der Waals surface area contributed by atoms with Gasteiger partial charge in [-0.25, -0.2) is 0 Å². The van der Waals surface area contributed by atoms with E-state index in [0.717, 1.165) is 44.7 Å². The molecule has 0 saturated carbocycles. The Balaban J connectivity index is 1.61. The summed E-state index contributed by atoms with van der Waals surface area (Å²) < 4.78 is 0. The number of likely N-dealkylation sites (N-methyl/N-ethyl adjacent to an activating group) is 1. The number of thiophene rings is 1. The fourth-order valence-corrected chi connectivity index (χ4v) is 3.18. The Labute approximate surface area is 125 Å². The average Bonchev–Trinajstić information content (AvgIpc) is 2.92. The molecule has 112 valence electrons. The minimum absolute atomic E-state index is 0.133. The minimum atomic E-state index is 0.133. The van der Waals surface area contributed by atoms with E-state index in [4.69, 9.17) is 0 Å². The van der Waals surface area contributed by atoms with Crippen LogP contribution < -0.4 is 5.32 Å². The van der Waals surface area contributed by atoms with Crippen LogP contribution in [0.4, 0.5) is 0 Å². The number of hydrogen-bond acceptors (Lipinski definition) is 4. The van der Waals surface area contributed by atoms with Crippen LogP contribution in [-0.4, -0.2) is 61.5 Å². The number of nitrogens with zero attached hydrogens (tertiary/aromatic N) is 2. The smallest absolute Gasteiger partial charge is 0.224 e. The molecule has 0 bridgehead atoms. The number of hydrogen-bond donors (Lipinski definition) is 1. The van der Waals surface area contributed by atoms with Gasteiger partial charge in [-0.05, 0) is 42.8 Å². The van der Waals surface area contributed by atoms with Gasteiger partial charge in [0, 0.05) is 38.8 Å². The highest BCUT2D eigenvalue weighted by Gasteiger charge is 2.18. The third kappa shape index (κ3) is 4.89. The number of rotatable bonds is 6. The molecule has 0 aromatic carbocycles. The molecule has 1 aliphatic heterocycles. The van der Waals surface area contributed by atoms with Crippen LogP contribution in [0.5, 0.6) is 0 Å². The normalized spacial score (nSPS) is 18.9. The van der Waals surface area contributed by atoms with Crippen molar-refractivity contribution in [3.63, 3.8) is 0 Å². The molecule has 4 nitrogen and oxygen atoms in total. The zero-order valence-corrected chi connectivity index (χ0v) is 13.3. The number of nitrogens with one attached hydrogen (secondary N) is 1. The van der Waals surface area contributed by atoms with E-state index in [-0.39, 0.29) is 5.91 Å². The summed E-state index contributed by atoms with van der Waals surface area (Å²) in [7, 11) is 2.17. The van der Waals surface area contributed by atoms with Crippen LogP contribution >= 0.6 is 11.3 Å². The van der Waals surface area contributed by atoms with E-state index in [9.17, 15) is 4.79 Å². The maximum atomic E-state index is 11.8. The van der Waals surface area contributed by atoms with E-state index >= 15 is 0 Å². The third-order valence-electron chi connectivity index (χ3n) is 3.99. The molecule has 1 atom stereocenters. The van der Waals surface area contributed by atoms with Crippen molar-refractivity contribution in [3.8, 4) is 0 Å². The second-order valence-electron chi connectivity index (χ2n) is 5.64. The molecule has 0 spiro atoms. The zero-order valence-electron chi connectivity index (χ0n) is 12.5. The van der Waals surface area contributed by atoms with Crippen molar-refractivity contribution in [1.29, 1.82) is 0 Å². The summed E-state index contributed by atoms with van der Waals surface area (Å²) in [5.74, 6) is 0.133. The van der Waals surface area contributed by atoms with Crippen LogP contribution in [0.1, 0.15) is 18.9 Å². The molecule has 2 rings (SSSR count). The van der Waals surface area contributed by atoms with Gasteiger partial charge in [0.15, 0.2) is 0 Å². The van der Waals surface area contributed by atoms with Gasteiger partial charge in [-0.3, -0.25) is 9.69 Å². The molecule has 1 aromatic heterocycles. The predicted molar refractivity (Wildman–Crippen MR) is 84.2 cm³/mol. The fourth-order valence-electron chi connectivity index (χ4n) is 2.51. The molecule has 2 heterocycles. The van der Waals surface area contributed by atoms with Gasteiger partial charge in [-0.15, -0.1) is 0 Å². The SMILES string of the molecule is C[C@@H](CCNC(=O)Cc1ccsc1)N1CCN(C)CC1. The van der Waals surface area contributed by atoms with Crippen molar-refractivity contribution in [2.75, 3.05) is 39.8 Å². The van der Waals surface area contributed by atoms with Crippen LogP contribution in [-0.2, 0) is 11.2 Å². The van der Waals surface area contributed by atoms with E-state index < -0.39 is 0 Å². The quantitative estimate of drug-likeness (QED) is 0.862. The lowest BCUT2D eigenvalue weighted by atomic mass is 10.1. The van der Waals surface area contributed by atoms with Crippen molar-refractivity contribution in [1.82, 2.24) is 15.1 Å². The minimum Gasteiger partial charge on any atom is -0.356 e. The molecule has 1 fully saturated rings. The Kier molecular flexibility index (Phi) is 6.01. The first-order chi connectivity index (χ1) is 9.65. The van der Waals surface area contributed by atoms with E-state index in [1.54, 1.807) is 11.3 Å². The van der Waals surface area contributed by atoms with Crippen LogP contribution in [0.25, 0.3) is 0 Å². The van der Waals surface area contributed by atoms with Gasteiger partial charge >= 0.3 is 0 Å². The monoisotopic (exact) mass is 295 g/mol. The van der Waals surface area contributed by atoms with Gasteiger partial charge < -0.3 is 10.2 Å². The fraction of sp³-hybridized carbons (Fsp3) is 0.667. The molecule has 1 amide bonds. The molecule has 1 aromatic rings. The van der Waals surface area contributed by atoms with E-state index in [1.807, 2.05) is 16.8 Å². The van der Waals surface area contributed by atoms with Crippen molar-refractivity contribution in [2.24, 2.45) is 0 Å². The summed E-state index contributed by atoms with van der Waals surface area (Å²) in [5.41, 5.74) is 1.11. The first-order valence-electron chi connectivity index (χ1n) is 7.35. The van der Waals surface area contributed by atoms with Crippen molar-refractivity contribution in [2.45, 2.75) is 25.8 Å². The summed E-state index contributed by atoms with van der Waals surface area (Å²) in [6.07, 6.45) is 1.53. The third-order valence-corrected chi connectivity index (χ3v) is 4.72. The summed E-state index contributed by atoms with van der Waals surface area (Å²) in [4.78, 5) is 16.7. The summed E-state index contributed by atoms with van der Waals surface area (Å²) in [6.45, 7) is 7.61. The largest absolute Gasteiger partial charge is 0.356 e. The maximum Gasteiger partial charge on any atom is 0.224 e. The van der Waals surface area contributed by atoms with E-state index in [2.05, 4.69) is 29.1 Å². The van der Waals surface area contributed by atoms with Crippen LogP contribution in [0.3, 0.4) is 0 Å². The molecule has 1 saturated heterocycles. The second kappa shape index (κ2) is 7.76. The van der Waals surface area contributed by atoms with Crippen molar-refractivity contribution >= 4 is 17.2 Å². The maximum absolute atomic E-state index is 11.8. The lowest BCUT2D eigenvalue weighted by Gasteiger charge is -2.36. The summed E-state index contributed by atoms with van der Waals surface area (Å²) >= 11 is 1.64. The average molecular weight is 295 g/mol. The molecule has 0 unspecified atom stereocenters. The number of carbonyl (C=O) groups excluding carboxylic acids is 1. The number of piperazine rings is 1. The molecule has 1 N–H and O–H groups in total. The van der Waals surface area contributed by atoms with Gasteiger partial charge in [0.2, 0.25) is 5.91 Å². The zero-order chi connectivity index (χ0) is 14.4. The van der Waals surface area contributed by atoms with Crippen LogP contribution in [0.15, 0.2) is 16.8 Å². The van der Waals surface area contributed by atoms with Gasteiger partial charge in [-0.1, -0.05) is 0 Å². The standard InChI is InChI=1S/C15H25N3OS/c1-13(18-8-6-17(2)7-9-18)3-5-16-15(19)11-14-4-10-20-12-14/h4,10,12-13H,3,5-9,11H2,1-2H3,(H,16,19)/t13-/m0/s1. The molecule has 5 heteroatoms. The molecular weight excluding hydrogens is 270 g/mol. The molecule has 0 radical (unpaired) electrons. The van der Waals surface area contributed by atoms with E-state index in [0.29, 0.717) is 12.5 Å². The first-order valence-corrected chi connectivity index (χ1v) is 8.30. The Morgan fingerprint density at radius 3 is 2.80 bits per heavy atom. The summed E-state index contributed by atoms with van der Waals surface area (Å²) in [5, 5.41) is 7.07. The number of amides is 1. The van der Waals surface area contributed by atoms with Gasteiger partial charge in [-0.2, -0.15) is 11.3 Å². The predicted octanol–water partition coefficient (Wildman–Crippen LogP) is 1.43. The highest BCUT2D eigenvalue weighted by molar-refractivity contribution is 7.07. The first kappa shape index (κ1) is 15.5. The molecule has 1 aliphatic rings. The van der Waals surface area contributed by atoms with Crippen LogP contribution in [0, 0.1) is 0 Å². The Morgan fingerprint density at radius 1 is 1.40 bits per heavy atom. The van der Waals surface area contributed by atoms with Gasteiger partial charge in [0.1, 0.15) is 0 Å².